The second kappa shape index (κ2) is 6.66. The summed E-state index contributed by atoms with van der Waals surface area (Å²) in [6.45, 7) is 0.296. The molecule has 3 aromatic rings. The molecular weight excluding hydrogens is 351 g/mol. The normalized spacial score (nSPS) is 11.7. The molecule has 2 heterocycles. The molecule has 1 N–H and O–H groups in total. The highest BCUT2D eigenvalue weighted by Crippen LogP contribution is 2.20. The van der Waals surface area contributed by atoms with Gasteiger partial charge in [0.25, 0.3) is 0 Å². The van der Waals surface area contributed by atoms with Gasteiger partial charge in [0.15, 0.2) is 12.3 Å². The number of nitrogens with zero attached hydrogens (tertiary/aromatic N) is 3. The lowest BCUT2D eigenvalue weighted by molar-refractivity contribution is -0.154. The maximum atomic E-state index is 12.2. The third-order valence-electron chi connectivity index (χ3n) is 3.78. The van der Waals surface area contributed by atoms with Crippen molar-refractivity contribution in [1.29, 1.82) is 0 Å². The van der Waals surface area contributed by atoms with Crippen LogP contribution in [0.3, 0.4) is 0 Å². The van der Waals surface area contributed by atoms with Crippen LogP contribution in [0.1, 0.15) is 27.2 Å². The van der Waals surface area contributed by atoms with Gasteiger partial charge in [-0.3, -0.25) is 0 Å². The molecule has 0 amide bonds. The molecule has 0 saturated heterocycles. The first-order valence-corrected chi connectivity index (χ1v) is 7.59. The van der Waals surface area contributed by atoms with Crippen molar-refractivity contribution in [2.45, 2.75) is 19.5 Å². The number of benzene rings is 1. The van der Waals surface area contributed by atoms with E-state index in [0.29, 0.717) is 23.3 Å². The van der Waals surface area contributed by atoms with Crippen molar-refractivity contribution in [3.63, 3.8) is 0 Å². The Morgan fingerprint density at radius 1 is 1.27 bits per heavy atom. The lowest BCUT2D eigenvalue weighted by Crippen LogP contribution is -2.19. The van der Waals surface area contributed by atoms with E-state index in [1.807, 2.05) is 0 Å². The molecule has 6 nitrogen and oxygen atoms in total. The number of alkyl halides is 3. The van der Waals surface area contributed by atoms with Gasteiger partial charge in [0.1, 0.15) is 0 Å². The van der Waals surface area contributed by atoms with Crippen LogP contribution < -0.4 is 4.74 Å². The number of carboxylic acids is 1. The minimum Gasteiger partial charge on any atom is -0.478 e. The zero-order chi connectivity index (χ0) is 18.9. The highest BCUT2D eigenvalue weighted by Gasteiger charge is 2.28. The Balaban J connectivity index is 1.84. The number of hydrogen-bond donors (Lipinski definition) is 1. The van der Waals surface area contributed by atoms with Gasteiger partial charge in [-0.25, -0.2) is 14.3 Å². The fourth-order valence-corrected chi connectivity index (χ4v) is 2.53. The summed E-state index contributed by atoms with van der Waals surface area (Å²) in [5.74, 6) is -1.17. The van der Waals surface area contributed by atoms with Crippen LogP contribution in [-0.2, 0) is 6.42 Å². The molecule has 2 aromatic heterocycles. The van der Waals surface area contributed by atoms with Crippen molar-refractivity contribution in [3.05, 3.63) is 58.9 Å². The van der Waals surface area contributed by atoms with Crippen LogP contribution in [0.2, 0.25) is 0 Å². The van der Waals surface area contributed by atoms with E-state index < -0.39 is 18.8 Å². The average Bonchev–Trinajstić information content (AvgIpc) is 2.95. The van der Waals surface area contributed by atoms with E-state index in [4.69, 9.17) is 0 Å². The van der Waals surface area contributed by atoms with Gasteiger partial charge < -0.3 is 9.84 Å². The maximum Gasteiger partial charge on any atom is 0.422 e. The van der Waals surface area contributed by atoms with Gasteiger partial charge >= 0.3 is 12.1 Å². The van der Waals surface area contributed by atoms with Crippen LogP contribution in [0.25, 0.3) is 5.65 Å². The molecule has 0 atom stereocenters. The summed E-state index contributed by atoms with van der Waals surface area (Å²) in [6.07, 6.45) is -2.50. The second-order valence-corrected chi connectivity index (χ2v) is 5.68. The molecule has 1 aromatic carbocycles. The summed E-state index contributed by atoms with van der Waals surface area (Å²) in [4.78, 5) is 15.6. The van der Waals surface area contributed by atoms with Gasteiger partial charge in [-0.05, 0) is 30.2 Å². The Hall–Kier alpha value is -3.10. The summed E-state index contributed by atoms with van der Waals surface area (Å²) in [5, 5.41) is 13.1. The molecule has 0 fully saturated rings. The number of fused-ring (bicyclic) bond motifs is 1. The van der Waals surface area contributed by atoms with E-state index in [-0.39, 0.29) is 11.4 Å². The van der Waals surface area contributed by atoms with Gasteiger partial charge in [-0.2, -0.15) is 13.2 Å². The fourth-order valence-electron chi connectivity index (χ4n) is 2.53. The molecular formula is C17H14F3N3O3. The number of ether oxygens (including phenoxy) is 1. The molecule has 0 aliphatic carbocycles. The number of aromatic nitrogens is 3. The van der Waals surface area contributed by atoms with Gasteiger partial charge in [-0.15, -0.1) is 5.10 Å². The molecule has 136 valence electrons. The smallest absolute Gasteiger partial charge is 0.422 e. The SMILES string of the molecule is Cc1c(Cc2cn3nc(OCC(F)(F)F)ccc3n2)cccc1C(=O)O. The van der Waals surface area contributed by atoms with E-state index in [1.54, 1.807) is 25.3 Å². The van der Waals surface area contributed by atoms with Crippen LogP contribution in [-0.4, -0.2) is 38.5 Å². The van der Waals surface area contributed by atoms with Crippen LogP contribution in [0, 0.1) is 6.92 Å². The number of carboxylic acid groups (broad SMARTS) is 1. The molecule has 0 bridgehead atoms. The van der Waals surface area contributed by atoms with Crippen LogP contribution in [0.15, 0.2) is 36.5 Å². The first-order chi connectivity index (χ1) is 12.2. The molecule has 0 saturated carbocycles. The predicted octanol–water partition coefficient (Wildman–Crippen LogP) is 3.27. The lowest BCUT2D eigenvalue weighted by Gasteiger charge is -2.07. The Labute approximate surface area is 145 Å². The van der Waals surface area contributed by atoms with Crippen molar-refractivity contribution >= 4 is 11.6 Å². The highest BCUT2D eigenvalue weighted by molar-refractivity contribution is 5.89. The van der Waals surface area contributed by atoms with Crippen LogP contribution >= 0.6 is 0 Å². The molecule has 0 radical (unpaired) electrons. The minimum atomic E-state index is -4.44. The second-order valence-electron chi connectivity index (χ2n) is 5.68. The predicted molar refractivity (Wildman–Crippen MR) is 85.5 cm³/mol. The Bertz CT molecular complexity index is 967. The highest BCUT2D eigenvalue weighted by atomic mass is 19.4. The molecule has 3 rings (SSSR count). The third-order valence-corrected chi connectivity index (χ3v) is 3.78. The van der Waals surface area contributed by atoms with Crippen molar-refractivity contribution in [1.82, 2.24) is 14.6 Å². The average molecular weight is 365 g/mol. The zero-order valence-electron chi connectivity index (χ0n) is 13.6. The molecule has 0 spiro atoms. The van der Waals surface area contributed by atoms with Gasteiger partial charge in [0.05, 0.1) is 17.5 Å². The third kappa shape index (κ3) is 3.93. The molecule has 0 aliphatic heterocycles. The summed E-state index contributed by atoms with van der Waals surface area (Å²) in [7, 11) is 0. The van der Waals surface area contributed by atoms with E-state index >= 15 is 0 Å². The van der Waals surface area contributed by atoms with E-state index in [1.165, 1.54) is 22.7 Å². The first kappa shape index (κ1) is 17.7. The number of imidazole rings is 1. The lowest BCUT2D eigenvalue weighted by atomic mass is 9.99. The Kier molecular flexibility index (Phi) is 4.54. The zero-order valence-corrected chi connectivity index (χ0v) is 13.6. The number of hydrogen-bond acceptors (Lipinski definition) is 4. The van der Waals surface area contributed by atoms with Gasteiger partial charge in [-0.1, -0.05) is 12.1 Å². The molecule has 0 aliphatic rings. The summed E-state index contributed by atoms with van der Waals surface area (Å²) >= 11 is 0. The summed E-state index contributed by atoms with van der Waals surface area (Å²) < 4.78 is 42.6. The standard InChI is InChI=1S/C17H14F3N3O3/c1-10-11(3-2-4-13(10)16(24)25)7-12-8-23-14(21-12)5-6-15(22-23)26-9-17(18,19)20/h2-6,8H,7,9H2,1H3,(H,24,25). The Morgan fingerprint density at radius 2 is 2.04 bits per heavy atom. The minimum absolute atomic E-state index is 0.164. The summed E-state index contributed by atoms with van der Waals surface area (Å²) in [6, 6.07) is 7.80. The number of aromatic carboxylic acids is 1. The van der Waals surface area contributed by atoms with Crippen LogP contribution in [0.4, 0.5) is 13.2 Å². The topological polar surface area (TPSA) is 76.7 Å². The van der Waals surface area contributed by atoms with Crippen molar-refractivity contribution < 1.29 is 27.8 Å². The van der Waals surface area contributed by atoms with Crippen LogP contribution in [0.5, 0.6) is 5.88 Å². The van der Waals surface area contributed by atoms with Crippen molar-refractivity contribution in [2.75, 3.05) is 6.61 Å². The number of halogens is 3. The largest absolute Gasteiger partial charge is 0.478 e. The number of carbonyl (C=O) groups is 1. The number of rotatable bonds is 5. The van der Waals surface area contributed by atoms with E-state index in [9.17, 15) is 23.1 Å². The molecule has 26 heavy (non-hydrogen) atoms. The van der Waals surface area contributed by atoms with Crippen molar-refractivity contribution in [2.24, 2.45) is 0 Å². The fraction of sp³-hybridized carbons (Fsp3) is 0.235. The maximum absolute atomic E-state index is 12.2. The monoisotopic (exact) mass is 365 g/mol. The first-order valence-electron chi connectivity index (χ1n) is 7.59. The molecule has 9 heteroatoms. The summed E-state index contributed by atoms with van der Waals surface area (Å²) in [5.41, 5.74) is 2.70. The van der Waals surface area contributed by atoms with Gasteiger partial charge in [0.2, 0.25) is 5.88 Å². The quantitative estimate of drug-likeness (QED) is 0.751. The Morgan fingerprint density at radius 3 is 2.73 bits per heavy atom. The van der Waals surface area contributed by atoms with E-state index in [2.05, 4.69) is 14.8 Å². The van der Waals surface area contributed by atoms with Crippen molar-refractivity contribution in [3.8, 4) is 5.88 Å². The molecule has 0 unspecified atom stereocenters. The van der Waals surface area contributed by atoms with E-state index in [0.717, 1.165) is 5.56 Å². The van der Waals surface area contributed by atoms with Gasteiger partial charge in [0, 0.05) is 12.5 Å².